The van der Waals surface area contributed by atoms with E-state index in [1.165, 1.54) is 54.6 Å². The molecule has 1 heteroatoms. The van der Waals surface area contributed by atoms with Crippen molar-refractivity contribution in [2.45, 2.75) is 19.3 Å². The van der Waals surface area contributed by atoms with Crippen LogP contribution in [0.15, 0.2) is 127 Å². The van der Waals surface area contributed by atoms with E-state index in [9.17, 15) is 0 Å². The maximum Gasteiger partial charge on any atom is 0.0709 e. The third-order valence-corrected chi connectivity index (χ3v) is 8.65. The Morgan fingerprint density at radius 3 is 1.97 bits per heavy atom. The van der Waals surface area contributed by atoms with Crippen LogP contribution < -0.4 is 0 Å². The molecule has 0 N–H and O–H groups in total. The maximum atomic E-state index is 5.15. The highest BCUT2D eigenvalue weighted by Gasteiger charge is 2.35. The molecule has 0 unspecified atom stereocenters. The van der Waals surface area contributed by atoms with E-state index in [1.54, 1.807) is 0 Å². The summed E-state index contributed by atoms with van der Waals surface area (Å²) >= 11 is 0. The molecule has 6 aromatic carbocycles. The van der Waals surface area contributed by atoms with Gasteiger partial charge in [0.25, 0.3) is 0 Å². The molecule has 1 aliphatic rings. The topological polar surface area (TPSA) is 12.9 Å². The molecule has 0 saturated carbocycles. The van der Waals surface area contributed by atoms with E-state index in [1.807, 2.05) is 0 Å². The highest BCUT2D eigenvalue weighted by molar-refractivity contribution is 6.20. The number of benzene rings is 6. The van der Waals surface area contributed by atoms with E-state index in [-0.39, 0.29) is 5.41 Å². The summed E-state index contributed by atoms with van der Waals surface area (Å²) in [5, 5.41) is 7.69. The first kappa shape index (κ1) is 22.3. The minimum absolute atomic E-state index is 0.0230. The Hall–Kier alpha value is -4.75. The van der Waals surface area contributed by atoms with Gasteiger partial charge in [0.1, 0.15) is 0 Å². The molecule has 8 rings (SSSR count). The molecular weight excluding hydrogens is 470 g/mol. The second kappa shape index (κ2) is 8.12. The average Bonchev–Trinajstić information content (AvgIpc) is 3.22. The highest BCUT2D eigenvalue weighted by atomic mass is 14.7. The van der Waals surface area contributed by atoms with Gasteiger partial charge in [0.2, 0.25) is 0 Å². The van der Waals surface area contributed by atoms with Gasteiger partial charge in [-0.15, -0.1) is 0 Å². The fourth-order valence-electron chi connectivity index (χ4n) is 6.61. The van der Waals surface area contributed by atoms with Crippen molar-refractivity contribution in [3.8, 4) is 33.6 Å². The van der Waals surface area contributed by atoms with Crippen LogP contribution in [0.2, 0.25) is 0 Å². The van der Waals surface area contributed by atoms with Gasteiger partial charge in [-0.2, -0.15) is 0 Å². The fourth-order valence-corrected chi connectivity index (χ4v) is 6.61. The summed E-state index contributed by atoms with van der Waals surface area (Å²) in [6.07, 6.45) is 0. The lowest BCUT2D eigenvalue weighted by atomic mass is 9.82. The third-order valence-electron chi connectivity index (χ3n) is 8.65. The first-order valence-corrected chi connectivity index (χ1v) is 13.6. The summed E-state index contributed by atoms with van der Waals surface area (Å²) in [5.41, 5.74) is 9.74. The Kier molecular flexibility index (Phi) is 4.63. The summed E-state index contributed by atoms with van der Waals surface area (Å²) in [5.74, 6) is 0. The summed E-state index contributed by atoms with van der Waals surface area (Å²) in [6, 6.07) is 46.4. The van der Waals surface area contributed by atoms with Gasteiger partial charge in [-0.3, -0.25) is 0 Å². The van der Waals surface area contributed by atoms with Gasteiger partial charge in [-0.25, -0.2) is 4.98 Å². The Morgan fingerprint density at radius 2 is 1.10 bits per heavy atom. The second-order valence-electron chi connectivity index (χ2n) is 11.2. The number of hydrogen-bond donors (Lipinski definition) is 0. The van der Waals surface area contributed by atoms with E-state index in [2.05, 4.69) is 141 Å². The molecule has 1 heterocycles. The number of fused-ring (bicyclic) bond motifs is 8. The smallest absolute Gasteiger partial charge is 0.0709 e. The Morgan fingerprint density at radius 1 is 0.462 bits per heavy atom. The summed E-state index contributed by atoms with van der Waals surface area (Å²) < 4.78 is 0. The molecule has 0 atom stereocenters. The molecular formula is C38H27N. The van der Waals surface area contributed by atoms with Crippen LogP contribution in [0.4, 0.5) is 0 Å². The molecule has 0 radical (unpaired) electrons. The number of hydrogen-bond acceptors (Lipinski definition) is 1. The van der Waals surface area contributed by atoms with Crippen LogP contribution in [0, 0.1) is 0 Å². The highest BCUT2D eigenvalue weighted by Crippen LogP contribution is 2.49. The van der Waals surface area contributed by atoms with Crippen LogP contribution >= 0.6 is 0 Å². The van der Waals surface area contributed by atoms with Gasteiger partial charge >= 0.3 is 0 Å². The zero-order valence-electron chi connectivity index (χ0n) is 22.1. The zero-order valence-corrected chi connectivity index (χ0v) is 22.1. The van der Waals surface area contributed by atoms with Gasteiger partial charge in [-0.1, -0.05) is 117 Å². The predicted octanol–water partition coefficient (Wildman–Crippen LogP) is 10.2. The number of rotatable bonds is 2. The molecule has 184 valence electrons. The van der Waals surface area contributed by atoms with Crippen LogP contribution in [0.1, 0.15) is 25.0 Å². The zero-order chi connectivity index (χ0) is 26.1. The number of pyridine rings is 1. The van der Waals surface area contributed by atoms with E-state index in [0.29, 0.717) is 0 Å². The molecule has 0 bridgehead atoms. The molecule has 0 saturated heterocycles. The minimum Gasteiger partial charge on any atom is -0.248 e. The van der Waals surface area contributed by atoms with Gasteiger partial charge < -0.3 is 0 Å². The van der Waals surface area contributed by atoms with E-state index in [4.69, 9.17) is 4.98 Å². The molecule has 39 heavy (non-hydrogen) atoms. The maximum absolute atomic E-state index is 5.15. The minimum atomic E-state index is -0.0230. The summed E-state index contributed by atoms with van der Waals surface area (Å²) in [4.78, 5) is 5.15. The Labute approximate surface area is 228 Å². The van der Waals surface area contributed by atoms with Gasteiger partial charge in [-0.05, 0) is 78.8 Å². The molecule has 0 fully saturated rings. The van der Waals surface area contributed by atoms with Crippen LogP contribution in [0.3, 0.4) is 0 Å². The summed E-state index contributed by atoms with van der Waals surface area (Å²) in [7, 11) is 0. The van der Waals surface area contributed by atoms with E-state index in [0.717, 1.165) is 22.5 Å². The normalized spacial score (nSPS) is 13.6. The van der Waals surface area contributed by atoms with Crippen molar-refractivity contribution in [1.29, 1.82) is 0 Å². The quantitative estimate of drug-likeness (QED) is 0.217. The molecule has 0 spiro atoms. The Balaban J connectivity index is 1.23. The lowest BCUT2D eigenvalue weighted by Gasteiger charge is -2.21. The predicted molar refractivity (Wildman–Crippen MR) is 165 cm³/mol. The largest absolute Gasteiger partial charge is 0.248 e. The number of aromatic nitrogens is 1. The van der Waals surface area contributed by atoms with E-state index < -0.39 is 0 Å². The lowest BCUT2D eigenvalue weighted by molar-refractivity contribution is 0.660. The second-order valence-corrected chi connectivity index (χ2v) is 11.2. The van der Waals surface area contributed by atoms with Gasteiger partial charge in [0, 0.05) is 16.5 Å². The van der Waals surface area contributed by atoms with E-state index >= 15 is 0 Å². The summed E-state index contributed by atoms with van der Waals surface area (Å²) in [6.45, 7) is 4.65. The molecule has 7 aromatic rings. The monoisotopic (exact) mass is 497 g/mol. The average molecular weight is 498 g/mol. The number of nitrogens with zero attached hydrogens (tertiary/aromatic N) is 1. The standard InChI is InChI=1S/C38H27N/c1-38(2)33-11-6-5-10-31(33)32-21-19-28(23-34(32)38)36-13-7-12-35(39-36)27-18-20-30-26(22-27)17-16-25-15-14-24-8-3-4-9-29(24)37(25)30/h3-23H,1-2H3. The molecule has 1 nitrogen and oxygen atoms in total. The fraction of sp³-hybridized carbons (Fsp3) is 0.0789. The SMILES string of the molecule is CC1(C)c2ccccc2-c2ccc(-c3cccc(-c4ccc5c(ccc6ccc7ccccc7c65)c4)n3)cc21. The van der Waals surface area contributed by atoms with Crippen molar-refractivity contribution in [2.75, 3.05) is 0 Å². The Bertz CT molecular complexity index is 2100. The van der Waals surface area contributed by atoms with Crippen molar-refractivity contribution >= 4 is 32.3 Å². The van der Waals surface area contributed by atoms with Crippen molar-refractivity contribution in [3.05, 3.63) is 139 Å². The van der Waals surface area contributed by atoms with Crippen LogP contribution in [0.5, 0.6) is 0 Å². The van der Waals surface area contributed by atoms with Gasteiger partial charge in [0.15, 0.2) is 0 Å². The van der Waals surface area contributed by atoms with Crippen LogP contribution in [-0.4, -0.2) is 4.98 Å². The first-order chi connectivity index (χ1) is 19.1. The van der Waals surface area contributed by atoms with Gasteiger partial charge in [0.05, 0.1) is 11.4 Å². The van der Waals surface area contributed by atoms with Crippen molar-refractivity contribution < 1.29 is 0 Å². The molecule has 0 amide bonds. The van der Waals surface area contributed by atoms with Crippen LogP contribution in [0.25, 0.3) is 66.0 Å². The van der Waals surface area contributed by atoms with Crippen molar-refractivity contribution in [3.63, 3.8) is 0 Å². The lowest BCUT2D eigenvalue weighted by Crippen LogP contribution is -2.14. The molecule has 0 aliphatic heterocycles. The van der Waals surface area contributed by atoms with Crippen molar-refractivity contribution in [1.82, 2.24) is 4.98 Å². The van der Waals surface area contributed by atoms with Crippen LogP contribution in [-0.2, 0) is 5.41 Å². The first-order valence-electron chi connectivity index (χ1n) is 13.6. The molecule has 1 aromatic heterocycles. The third kappa shape index (κ3) is 3.30. The molecule has 1 aliphatic carbocycles. The van der Waals surface area contributed by atoms with Crippen molar-refractivity contribution in [2.24, 2.45) is 0 Å².